The van der Waals surface area contributed by atoms with Crippen LogP contribution in [0, 0.1) is 0 Å². The van der Waals surface area contributed by atoms with E-state index in [0.717, 1.165) is 16.5 Å². The van der Waals surface area contributed by atoms with Crippen LogP contribution in [0.3, 0.4) is 0 Å². The SMILES string of the molecule is Cn1nc(N2CCCC(=O)NC2=O)c2ccc(CCC(=O)OC(C)(C)C)cc21. The van der Waals surface area contributed by atoms with E-state index in [2.05, 4.69) is 10.4 Å². The van der Waals surface area contributed by atoms with Crippen LogP contribution >= 0.6 is 0 Å². The Labute approximate surface area is 163 Å². The number of nitrogens with zero attached hydrogens (tertiary/aromatic N) is 3. The van der Waals surface area contributed by atoms with Crippen LogP contribution in [0.4, 0.5) is 10.6 Å². The van der Waals surface area contributed by atoms with E-state index >= 15 is 0 Å². The van der Waals surface area contributed by atoms with Crippen molar-refractivity contribution >= 4 is 34.6 Å². The standard InChI is InChI=1S/C20H26N4O4/c1-20(2,3)28-17(26)10-8-13-7-9-14-15(12-13)23(4)22-18(14)24-11-5-6-16(25)21-19(24)27/h7,9,12H,5-6,8,10-11H2,1-4H3,(H,21,25,27). The van der Waals surface area contributed by atoms with Gasteiger partial charge < -0.3 is 4.74 Å². The number of rotatable bonds is 4. The number of benzene rings is 1. The van der Waals surface area contributed by atoms with Gasteiger partial charge in [-0.15, -0.1) is 0 Å². The summed E-state index contributed by atoms with van der Waals surface area (Å²) in [7, 11) is 1.81. The molecule has 150 valence electrons. The molecule has 0 aliphatic carbocycles. The minimum absolute atomic E-state index is 0.232. The monoisotopic (exact) mass is 386 g/mol. The second-order valence-electron chi connectivity index (χ2n) is 7.99. The molecular weight excluding hydrogens is 360 g/mol. The number of fused-ring (bicyclic) bond motifs is 1. The summed E-state index contributed by atoms with van der Waals surface area (Å²) in [5.74, 6) is 0.0322. The molecule has 28 heavy (non-hydrogen) atoms. The molecule has 3 rings (SSSR count). The van der Waals surface area contributed by atoms with E-state index in [0.29, 0.717) is 38.0 Å². The fourth-order valence-corrected chi connectivity index (χ4v) is 3.23. The predicted octanol–water partition coefficient (Wildman–Crippen LogP) is 2.68. The zero-order chi connectivity index (χ0) is 20.5. The highest BCUT2D eigenvalue weighted by Crippen LogP contribution is 2.28. The average Bonchev–Trinajstić information content (AvgIpc) is 2.80. The van der Waals surface area contributed by atoms with Crippen LogP contribution in [0.15, 0.2) is 18.2 Å². The highest BCUT2D eigenvalue weighted by Gasteiger charge is 2.26. The van der Waals surface area contributed by atoms with Crippen molar-refractivity contribution in [3.8, 4) is 0 Å². The van der Waals surface area contributed by atoms with Gasteiger partial charge in [-0.3, -0.25) is 24.5 Å². The van der Waals surface area contributed by atoms with Crippen molar-refractivity contribution in [1.82, 2.24) is 15.1 Å². The number of hydrogen-bond donors (Lipinski definition) is 1. The molecule has 1 N–H and O–H groups in total. The molecule has 0 bridgehead atoms. The van der Waals surface area contributed by atoms with Crippen molar-refractivity contribution in [1.29, 1.82) is 0 Å². The summed E-state index contributed by atoms with van der Waals surface area (Å²) in [5.41, 5.74) is 1.36. The lowest BCUT2D eigenvalue weighted by molar-refractivity contribution is -0.154. The van der Waals surface area contributed by atoms with E-state index in [-0.39, 0.29) is 11.9 Å². The summed E-state index contributed by atoms with van der Waals surface area (Å²) in [6.45, 7) is 5.98. The zero-order valence-corrected chi connectivity index (χ0v) is 16.7. The lowest BCUT2D eigenvalue weighted by Crippen LogP contribution is -2.40. The molecule has 2 aromatic rings. The Morgan fingerprint density at radius 2 is 2.04 bits per heavy atom. The summed E-state index contributed by atoms with van der Waals surface area (Å²) in [4.78, 5) is 37.4. The molecule has 1 fully saturated rings. The zero-order valence-electron chi connectivity index (χ0n) is 16.7. The molecule has 1 aliphatic heterocycles. The molecule has 3 amide bonds. The first-order valence-corrected chi connectivity index (χ1v) is 9.43. The van der Waals surface area contributed by atoms with Gasteiger partial charge in [0.2, 0.25) is 5.91 Å². The van der Waals surface area contributed by atoms with E-state index in [1.165, 1.54) is 4.90 Å². The smallest absolute Gasteiger partial charge is 0.329 e. The average molecular weight is 386 g/mol. The van der Waals surface area contributed by atoms with Crippen LogP contribution < -0.4 is 10.2 Å². The van der Waals surface area contributed by atoms with E-state index in [9.17, 15) is 14.4 Å². The second-order valence-corrected chi connectivity index (χ2v) is 7.99. The van der Waals surface area contributed by atoms with Gasteiger partial charge in [0.25, 0.3) is 0 Å². The first-order chi connectivity index (χ1) is 13.1. The van der Waals surface area contributed by atoms with Gasteiger partial charge in [-0.1, -0.05) is 6.07 Å². The molecule has 1 saturated heterocycles. The van der Waals surface area contributed by atoms with Crippen LogP contribution in [0.5, 0.6) is 0 Å². The van der Waals surface area contributed by atoms with Crippen LogP contribution in [0.1, 0.15) is 45.6 Å². The number of esters is 1. The minimum atomic E-state index is -0.493. The number of hydrogen-bond acceptors (Lipinski definition) is 5. The van der Waals surface area contributed by atoms with Crippen molar-refractivity contribution in [2.45, 2.75) is 52.1 Å². The Hall–Kier alpha value is -2.90. The van der Waals surface area contributed by atoms with Crippen molar-refractivity contribution in [3.63, 3.8) is 0 Å². The number of aryl methyl sites for hydroxylation is 2. The van der Waals surface area contributed by atoms with Crippen LogP contribution in [0.25, 0.3) is 10.9 Å². The maximum atomic E-state index is 12.3. The van der Waals surface area contributed by atoms with E-state index in [4.69, 9.17) is 4.74 Å². The topological polar surface area (TPSA) is 93.5 Å². The molecule has 1 aliphatic rings. The highest BCUT2D eigenvalue weighted by atomic mass is 16.6. The fraction of sp³-hybridized carbons (Fsp3) is 0.500. The second kappa shape index (κ2) is 7.61. The van der Waals surface area contributed by atoms with Gasteiger partial charge in [-0.05, 0) is 51.3 Å². The number of ether oxygens (including phenoxy) is 1. The van der Waals surface area contributed by atoms with Gasteiger partial charge in [0.15, 0.2) is 5.82 Å². The Balaban J connectivity index is 1.80. The summed E-state index contributed by atoms with van der Waals surface area (Å²) >= 11 is 0. The molecule has 0 radical (unpaired) electrons. The number of imide groups is 1. The molecule has 8 heteroatoms. The Kier molecular flexibility index (Phi) is 5.40. The number of carbonyl (C=O) groups excluding carboxylic acids is 3. The van der Waals surface area contributed by atoms with Gasteiger partial charge >= 0.3 is 12.0 Å². The third-order valence-corrected chi connectivity index (χ3v) is 4.47. The number of carbonyl (C=O) groups is 3. The molecular formula is C20H26N4O4. The number of aromatic nitrogens is 2. The molecule has 0 spiro atoms. The lowest BCUT2D eigenvalue weighted by atomic mass is 10.1. The molecule has 1 aromatic carbocycles. The maximum absolute atomic E-state index is 12.3. The normalized spacial score (nSPS) is 15.5. The fourth-order valence-electron chi connectivity index (χ4n) is 3.23. The minimum Gasteiger partial charge on any atom is -0.460 e. The van der Waals surface area contributed by atoms with Crippen LogP contribution in [0.2, 0.25) is 0 Å². The molecule has 0 unspecified atom stereocenters. The van der Waals surface area contributed by atoms with Gasteiger partial charge in [0.05, 0.1) is 5.52 Å². The first-order valence-electron chi connectivity index (χ1n) is 9.43. The molecule has 8 nitrogen and oxygen atoms in total. The highest BCUT2D eigenvalue weighted by molar-refractivity contribution is 6.07. The van der Waals surface area contributed by atoms with Gasteiger partial charge in [-0.25, -0.2) is 4.79 Å². The maximum Gasteiger partial charge on any atom is 0.329 e. The number of anilines is 1. The molecule has 0 saturated carbocycles. The van der Waals surface area contributed by atoms with Crippen LogP contribution in [-0.4, -0.2) is 39.8 Å². The van der Waals surface area contributed by atoms with E-state index in [1.807, 2.05) is 46.0 Å². The van der Waals surface area contributed by atoms with Crippen molar-refractivity contribution in [2.75, 3.05) is 11.4 Å². The van der Waals surface area contributed by atoms with Crippen molar-refractivity contribution in [3.05, 3.63) is 23.8 Å². The van der Waals surface area contributed by atoms with E-state index < -0.39 is 11.6 Å². The Morgan fingerprint density at radius 3 is 2.75 bits per heavy atom. The summed E-state index contributed by atoms with van der Waals surface area (Å²) < 4.78 is 7.06. The third kappa shape index (κ3) is 4.49. The van der Waals surface area contributed by atoms with Crippen molar-refractivity contribution < 1.29 is 19.1 Å². The lowest BCUT2D eigenvalue weighted by Gasteiger charge is -2.19. The predicted molar refractivity (Wildman–Crippen MR) is 105 cm³/mol. The summed E-state index contributed by atoms with van der Waals surface area (Å²) in [5, 5.41) is 7.70. The van der Waals surface area contributed by atoms with Gasteiger partial charge in [0.1, 0.15) is 5.60 Å². The van der Waals surface area contributed by atoms with Crippen LogP contribution in [-0.2, 0) is 27.8 Å². The molecule has 1 aromatic heterocycles. The van der Waals surface area contributed by atoms with Gasteiger partial charge in [0, 0.05) is 31.8 Å². The quantitative estimate of drug-likeness (QED) is 0.816. The summed E-state index contributed by atoms with van der Waals surface area (Å²) in [6.07, 6.45) is 1.76. The number of urea groups is 1. The number of nitrogens with one attached hydrogen (secondary N) is 1. The van der Waals surface area contributed by atoms with Crippen molar-refractivity contribution in [2.24, 2.45) is 7.05 Å². The Bertz CT molecular complexity index is 926. The Morgan fingerprint density at radius 1 is 1.29 bits per heavy atom. The van der Waals surface area contributed by atoms with E-state index in [1.54, 1.807) is 4.68 Å². The summed E-state index contributed by atoms with van der Waals surface area (Å²) in [6, 6.07) is 5.36. The third-order valence-electron chi connectivity index (χ3n) is 4.47. The molecule has 0 atom stereocenters. The van der Waals surface area contributed by atoms with Gasteiger partial charge in [-0.2, -0.15) is 5.10 Å². The first kappa shape index (κ1) is 19.9. The number of amides is 3. The molecule has 2 heterocycles. The largest absolute Gasteiger partial charge is 0.460 e.